The molecule has 0 N–H and O–H groups in total. The number of nitrogens with zero attached hydrogens (tertiary/aromatic N) is 1. The number of hydrogen-bond donors (Lipinski definition) is 0. The Balaban J connectivity index is 2.99. The Labute approximate surface area is 92.2 Å². The average Bonchev–Trinajstić information content (AvgIpc) is 2.15. The molecule has 0 heterocycles. The molecule has 15 heavy (non-hydrogen) atoms. The minimum absolute atomic E-state index is 0.0281. The van der Waals surface area contributed by atoms with Crippen LogP contribution in [-0.4, -0.2) is 23.6 Å². The van der Waals surface area contributed by atoms with Gasteiger partial charge in [-0.2, -0.15) is 0 Å². The highest BCUT2D eigenvalue weighted by molar-refractivity contribution is 5.75. The number of benzene rings is 1. The molecule has 1 aromatic carbocycles. The van der Waals surface area contributed by atoms with Crippen LogP contribution >= 0.6 is 0 Å². The van der Waals surface area contributed by atoms with Crippen LogP contribution in [0.5, 0.6) is 0 Å². The second kappa shape index (κ2) is 4.47. The van der Waals surface area contributed by atoms with E-state index in [1.165, 1.54) is 5.56 Å². The standard InChI is InChI=1S/C13H20NO/c1-11-6-8-12(9-7-11)10-14(15-5)13(2,3)4/h6-10H,1-5H3/q+1/b14-10-. The predicted octanol–water partition coefficient (Wildman–Crippen LogP) is 2.79. The third-order valence-corrected chi connectivity index (χ3v) is 2.20. The van der Waals surface area contributed by atoms with E-state index in [4.69, 9.17) is 4.84 Å². The van der Waals surface area contributed by atoms with Crippen LogP contribution in [0.15, 0.2) is 24.3 Å². The first-order valence-electron chi connectivity index (χ1n) is 5.18. The molecule has 0 amide bonds. The van der Waals surface area contributed by atoms with Crippen molar-refractivity contribution in [2.75, 3.05) is 7.11 Å². The predicted molar refractivity (Wildman–Crippen MR) is 63.4 cm³/mol. The van der Waals surface area contributed by atoms with E-state index < -0.39 is 0 Å². The topological polar surface area (TPSA) is 12.2 Å². The molecule has 0 atom stereocenters. The highest BCUT2D eigenvalue weighted by Crippen LogP contribution is 2.08. The van der Waals surface area contributed by atoms with Gasteiger partial charge in [-0.3, -0.25) is 4.84 Å². The molecule has 0 bridgehead atoms. The fourth-order valence-electron chi connectivity index (χ4n) is 1.31. The summed E-state index contributed by atoms with van der Waals surface area (Å²) >= 11 is 0. The molecule has 0 saturated heterocycles. The summed E-state index contributed by atoms with van der Waals surface area (Å²) in [7, 11) is 1.69. The Morgan fingerprint density at radius 1 is 1.13 bits per heavy atom. The third kappa shape index (κ3) is 3.39. The van der Waals surface area contributed by atoms with Gasteiger partial charge in [-0.1, -0.05) is 17.7 Å². The molecule has 0 aliphatic rings. The number of rotatable bonds is 2. The van der Waals surface area contributed by atoms with E-state index in [1.807, 2.05) is 11.0 Å². The Morgan fingerprint density at radius 2 is 1.67 bits per heavy atom. The van der Waals surface area contributed by atoms with Gasteiger partial charge in [0.2, 0.25) is 11.8 Å². The molecule has 0 saturated carbocycles. The lowest BCUT2D eigenvalue weighted by Gasteiger charge is -2.13. The molecular weight excluding hydrogens is 186 g/mol. The lowest BCUT2D eigenvalue weighted by molar-refractivity contribution is -0.821. The van der Waals surface area contributed by atoms with Crippen LogP contribution in [0.1, 0.15) is 31.9 Å². The van der Waals surface area contributed by atoms with Gasteiger partial charge in [0.25, 0.3) is 0 Å². The van der Waals surface area contributed by atoms with Gasteiger partial charge in [-0.15, -0.1) is 0 Å². The van der Waals surface area contributed by atoms with Crippen molar-refractivity contribution in [3.8, 4) is 0 Å². The highest BCUT2D eigenvalue weighted by atomic mass is 16.7. The van der Waals surface area contributed by atoms with Crippen LogP contribution in [-0.2, 0) is 4.84 Å². The number of aryl methyl sites for hydroxylation is 1. The fraction of sp³-hybridized carbons (Fsp3) is 0.462. The van der Waals surface area contributed by atoms with Crippen molar-refractivity contribution in [3.63, 3.8) is 0 Å². The SMILES string of the molecule is CO/[N+](=C\c1ccc(C)cc1)C(C)(C)C. The fourth-order valence-corrected chi connectivity index (χ4v) is 1.31. The molecule has 0 radical (unpaired) electrons. The number of hydroxylamine groups is 1. The lowest BCUT2D eigenvalue weighted by Crippen LogP contribution is -2.33. The number of hydrogen-bond acceptors (Lipinski definition) is 1. The molecule has 82 valence electrons. The van der Waals surface area contributed by atoms with Crippen molar-refractivity contribution in [2.24, 2.45) is 0 Å². The summed E-state index contributed by atoms with van der Waals surface area (Å²) in [6.45, 7) is 8.42. The summed E-state index contributed by atoms with van der Waals surface area (Å²) in [5.41, 5.74) is 2.39. The van der Waals surface area contributed by atoms with E-state index >= 15 is 0 Å². The maximum atomic E-state index is 5.33. The highest BCUT2D eigenvalue weighted by Gasteiger charge is 2.25. The first-order valence-corrected chi connectivity index (χ1v) is 5.18. The van der Waals surface area contributed by atoms with Gasteiger partial charge in [-0.05, 0) is 23.8 Å². The zero-order valence-electron chi connectivity index (χ0n) is 10.2. The maximum Gasteiger partial charge on any atom is 0.223 e. The zero-order chi connectivity index (χ0) is 11.5. The first-order chi connectivity index (χ1) is 6.93. The van der Waals surface area contributed by atoms with Crippen LogP contribution in [0.2, 0.25) is 0 Å². The molecule has 0 aliphatic carbocycles. The van der Waals surface area contributed by atoms with Gasteiger partial charge >= 0.3 is 0 Å². The zero-order valence-corrected chi connectivity index (χ0v) is 10.2. The minimum atomic E-state index is -0.0281. The van der Waals surface area contributed by atoms with Crippen LogP contribution in [0, 0.1) is 6.92 Å². The van der Waals surface area contributed by atoms with Crippen molar-refractivity contribution in [3.05, 3.63) is 35.4 Å². The Morgan fingerprint density at radius 3 is 2.07 bits per heavy atom. The normalized spacial score (nSPS) is 12.7. The van der Waals surface area contributed by atoms with Crippen molar-refractivity contribution < 1.29 is 9.58 Å². The van der Waals surface area contributed by atoms with E-state index in [-0.39, 0.29) is 5.54 Å². The van der Waals surface area contributed by atoms with Crippen LogP contribution in [0.4, 0.5) is 0 Å². The summed E-state index contributed by atoms with van der Waals surface area (Å²) < 4.78 is 1.86. The van der Waals surface area contributed by atoms with Gasteiger partial charge < -0.3 is 0 Å². The molecule has 2 heteroatoms. The Hall–Kier alpha value is -1.31. The first kappa shape index (κ1) is 11.8. The molecule has 0 spiro atoms. The van der Waals surface area contributed by atoms with E-state index in [0.717, 1.165) is 5.56 Å². The van der Waals surface area contributed by atoms with Crippen molar-refractivity contribution in [2.45, 2.75) is 33.2 Å². The molecule has 0 unspecified atom stereocenters. The van der Waals surface area contributed by atoms with E-state index in [1.54, 1.807) is 7.11 Å². The average molecular weight is 206 g/mol. The quantitative estimate of drug-likeness (QED) is 0.412. The van der Waals surface area contributed by atoms with Gasteiger partial charge in [-0.25, -0.2) is 0 Å². The van der Waals surface area contributed by atoms with Crippen molar-refractivity contribution in [1.29, 1.82) is 0 Å². The van der Waals surface area contributed by atoms with Crippen LogP contribution in [0.25, 0.3) is 0 Å². The third-order valence-electron chi connectivity index (χ3n) is 2.20. The summed E-state index contributed by atoms with van der Waals surface area (Å²) in [5.74, 6) is 0. The van der Waals surface area contributed by atoms with Gasteiger partial charge in [0.15, 0.2) is 0 Å². The van der Waals surface area contributed by atoms with E-state index in [9.17, 15) is 0 Å². The van der Waals surface area contributed by atoms with Gasteiger partial charge in [0.1, 0.15) is 7.11 Å². The summed E-state index contributed by atoms with van der Waals surface area (Å²) in [4.78, 5) is 5.33. The van der Waals surface area contributed by atoms with E-state index in [2.05, 4.69) is 52.0 Å². The smallest absolute Gasteiger partial charge is 0.223 e. The monoisotopic (exact) mass is 206 g/mol. The molecule has 0 aliphatic heterocycles. The van der Waals surface area contributed by atoms with Crippen molar-refractivity contribution in [1.82, 2.24) is 0 Å². The molecule has 0 fully saturated rings. The van der Waals surface area contributed by atoms with Gasteiger partial charge in [0.05, 0.1) is 0 Å². The summed E-state index contributed by atoms with van der Waals surface area (Å²) in [6.07, 6.45) is 2.01. The molecule has 1 aromatic rings. The second-order valence-corrected chi connectivity index (χ2v) is 4.72. The lowest BCUT2D eigenvalue weighted by atomic mass is 10.1. The molecule has 2 nitrogen and oxygen atoms in total. The largest absolute Gasteiger partial charge is 0.280 e. The summed E-state index contributed by atoms with van der Waals surface area (Å²) in [5, 5.41) is 0. The Kier molecular flexibility index (Phi) is 3.51. The van der Waals surface area contributed by atoms with Gasteiger partial charge in [0, 0.05) is 26.3 Å². The second-order valence-electron chi connectivity index (χ2n) is 4.72. The van der Waals surface area contributed by atoms with E-state index in [0.29, 0.717) is 0 Å². The van der Waals surface area contributed by atoms with Crippen molar-refractivity contribution >= 4 is 6.21 Å². The molecule has 0 aromatic heterocycles. The molecular formula is C13H20NO+. The van der Waals surface area contributed by atoms with Crippen LogP contribution in [0.3, 0.4) is 0 Å². The Bertz CT molecular complexity index is 344. The molecule has 1 rings (SSSR count). The minimum Gasteiger partial charge on any atom is -0.280 e. The maximum absolute atomic E-state index is 5.33. The summed E-state index contributed by atoms with van der Waals surface area (Å²) in [6, 6.07) is 8.38. The van der Waals surface area contributed by atoms with Crippen LogP contribution < -0.4 is 0 Å².